The van der Waals surface area contributed by atoms with Crippen LogP contribution in [0.1, 0.15) is 47.1 Å². The van der Waals surface area contributed by atoms with Crippen molar-refractivity contribution < 1.29 is 31.9 Å². The highest BCUT2D eigenvalue weighted by molar-refractivity contribution is 6.04. The van der Waals surface area contributed by atoms with Crippen LogP contribution in [0.25, 0.3) is 16.8 Å². The molecule has 222 valence electrons. The van der Waals surface area contributed by atoms with Crippen molar-refractivity contribution in [1.29, 1.82) is 0 Å². The van der Waals surface area contributed by atoms with Gasteiger partial charge in [-0.3, -0.25) is 14.0 Å². The van der Waals surface area contributed by atoms with E-state index in [2.05, 4.69) is 15.3 Å². The van der Waals surface area contributed by atoms with Crippen molar-refractivity contribution in [3.63, 3.8) is 0 Å². The van der Waals surface area contributed by atoms with Crippen molar-refractivity contribution >= 4 is 29.0 Å². The Hall–Kier alpha value is -4.59. The van der Waals surface area contributed by atoms with Crippen LogP contribution in [0.15, 0.2) is 48.9 Å². The lowest BCUT2D eigenvalue weighted by Gasteiger charge is -2.29. The fourth-order valence-corrected chi connectivity index (χ4v) is 6.06. The molecule has 10 nitrogen and oxygen atoms in total. The molecule has 3 aliphatic rings. The van der Waals surface area contributed by atoms with Crippen LogP contribution in [-0.2, 0) is 15.7 Å². The van der Waals surface area contributed by atoms with Crippen LogP contribution in [-0.4, -0.2) is 55.3 Å². The van der Waals surface area contributed by atoms with Crippen molar-refractivity contribution in [2.75, 3.05) is 24.3 Å². The minimum absolute atomic E-state index is 0.0124. The molecule has 2 amide bonds. The fraction of sp³-hybridized carbons (Fsp3) is 0.345. The number of nitrogen functional groups attached to an aromatic ring is 1. The Labute approximate surface area is 241 Å². The number of imidazole rings is 1. The number of fused-ring (bicyclic) bond motifs is 2. The number of hydrogen-bond acceptors (Lipinski definition) is 7. The van der Waals surface area contributed by atoms with Gasteiger partial charge in [-0.15, -0.1) is 0 Å². The zero-order valence-corrected chi connectivity index (χ0v) is 22.5. The number of anilines is 2. The SMILES string of the molecule is Nc1nccn2c([C@@H]3C[C@H]4COC[C@H]4N3C(=O)C3CC3)nc(-c3ccc(C(=O)Nc4cc(C(F)(F)F)ccn4)cc3F)c12. The number of carbonyl (C=O) groups is 2. The monoisotopic (exact) mass is 595 g/mol. The highest BCUT2D eigenvalue weighted by atomic mass is 19.4. The summed E-state index contributed by atoms with van der Waals surface area (Å²) in [5.41, 5.74) is 5.73. The first kappa shape index (κ1) is 27.3. The molecule has 14 heteroatoms. The second-order valence-corrected chi connectivity index (χ2v) is 11.1. The van der Waals surface area contributed by atoms with Crippen LogP contribution in [0.4, 0.5) is 29.2 Å². The molecule has 0 radical (unpaired) electrons. The Morgan fingerprint density at radius 1 is 1.07 bits per heavy atom. The maximum Gasteiger partial charge on any atom is 0.416 e. The fourth-order valence-electron chi connectivity index (χ4n) is 6.06. The topological polar surface area (TPSA) is 128 Å². The summed E-state index contributed by atoms with van der Waals surface area (Å²) in [7, 11) is 0. The van der Waals surface area contributed by atoms with E-state index in [1.165, 1.54) is 18.3 Å². The number of nitrogens with two attached hydrogens (primary N) is 1. The molecule has 5 heterocycles. The highest BCUT2D eigenvalue weighted by Crippen LogP contribution is 2.47. The van der Waals surface area contributed by atoms with Gasteiger partial charge in [0.15, 0.2) is 0 Å². The smallest absolute Gasteiger partial charge is 0.382 e. The number of halogens is 4. The van der Waals surface area contributed by atoms with E-state index in [1.807, 2.05) is 4.90 Å². The largest absolute Gasteiger partial charge is 0.416 e. The first-order chi connectivity index (χ1) is 20.6. The van der Waals surface area contributed by atoms with Crippen molar-refractivity contribution in [1.82, 2.24) is 24.3 Å². The van der Waals surface area contributed by atoms with E-state index in [0.717, 1.165) is 31.2 Å². The van der Waals surface area contributed by atoms with E-state index in [1.54, 1.807) is 10.6 Å². The summed E-state index contributed by atoms with van der Waals surface area (Å²) in [6, 6.07) is 4.69. The molecule has 0 spiro atoms. The molecule has 2 aliphatic heterocycles. The number of aromatic nitrogens is 4. The average molecular weight is 596 g/mol. The lowest BCUT2D eigenvalue weighted by atomic mass is 10.0. The quantitative estimate of drug-likeness (QED) is 0.326. The number of carbonyl (C=O) groups excluding carboxylic acids is 2. The molecule has 3 atom stereocenters. The van der Waals surface area contributed by atoms with Crippen molar-refractivity contribution in [2.24, 2.45) is 11.8 Å². The van der Waals surface area contributed by atoms with Crippen molar-refractivity contribution in [3.05, 3.63) is 71.7 Å². The number of nitrogens with one attached hydrogen (secondary N) is 1. The summed E-state index contributed by atoms with van der Waals surface area (Å²) in [4.78, 5) is 40.8. The molecule has 0 unspecified atom stereocenters. The maximum atomic E-state index is 15.7. The number of pyridine rings is 1. The number of likely N-dealkylation sites (tertiary alicyclic amines) is 1. The van der Waals surface area contributed by atoms with Crippen LogP contribution in [0.3, 0.4) is 0 Å². The van der Waals surface area contributed by atoms with Gasteiger partial charge in [0, 0.05) is 41.6 Å². The summed E-state index contributed by atoms with van der Waals surface area (Å²) in [5.74, 6) is -1.13. The van der Waals surface area contributed by atoms with Gasteiger partial charge in [-0.05, 0) is 49.6 Å². The first-order valence-electron chi connectivity index (χ1n) is 13.8. The minimum Gasteiger partial charge on any atom is -0.382 e. The second-order valence-electron chi connectivity index (χ2n) is 11.1. The molecule has 3 fully saturated rings. The van der Waals surface area contributed by atoms with Crippen LogP contribution >= 0.6 is 0 Å². The predicted octanol–water partition coefficient (Wildman–Crippen LogP) is 4.48. The molecule has 2 saturated heterocycles. The number of hydrogen-bond donors (Lipinski definition) is 2. The zero-order chi connectivity index (χ0) is 30.0. The second kappa shape index (κ2) is 10.0. The Balaban J connectivity index is 1.23. The molecule has 1 aliphatic carbocycles. The Morgan fingerprint density at radius 2 is 1.88 bits per heavy atom. The van der Waals surface area contributed by atoms with E-state index >= 15 is 4.39 Å². The van der Waals surface area contributed by atoms with Gasteiger partial charge in [0.2, 0.25) is 5.91 Å². The van der Waals surface area contributed by atoms with Gasteiger partial charge < -0.3 is 20.7 Å². The third kappa shape index (κ3) is 4.75. The normalized spacial score (nSPS) is 21.8. The van der Waals surface area contributed by atoms with Gasteiger partial charge in [0.05, 0.1) is 30.9 Å². The lowest BCUT2D eigenvalue weighted by Crippen LogP contribution is -2.41. The molecule has 1 aromatic carbocycles. The number of nitrogens with zero attached hydrogens (tertiary/aromatic N) is 5. The minimum atomic E-state index is -4.62. The van der Waals surface area contributed by atoms with Gasteiger partial charge in [0.25, 0.3) is 5.91 Å². The van der Waals surface area contributed by atoms with E-state index < -0.39 is 23.5 Å². The number of ether oxygens (including phenoxy) is 1. The lowest BCUT2D eigenvalue weighted by molar-refractivity contribution is -0.138. The van der Waals surface area contributed by atoms with Crippen LogP contribution in [0.2, 0.25) is 0 Å². The Morgan fingerprint density at radius 3 is 2.63 bits per heavy atom. The molecule has 4 aromatic rings. The average Bonchev–Trinajstić information content (AvgIpc) is 3.45. The van der Waals surface area contributed by atoms with Gasteiger partial charge in [0.1, 0.15) is 34.5 Å². The van der Waals surface area contributed by atoms with Crippen LogP contribution in [0.5, 0.6) is 0 Å². The van der Waals surface area contributed by atoms with Crippen LogP contribution in [0, 0.1) is 17.7 Å². The third-order valence-corrected chi connectivity index (χ3v) is 8.29. The zero-order valence-electron chi connectivity index (χ0n) is 22.5. The van der Waals surface area contributed by atoms with Crippen molar-refractivity contribution in [2.45, 2.75) is 37.5 Å². The summed E-state index contributed by atoms with van der Waals surface area (Å²) in [6.07, 6.45) is 1.81. The maximum absolute atomic E-state index is 15.7. The molecule has 7 rings (SSSR count). The van der Waals surface area contributed by atoms with E-state index in [4.69, 9.17) is 15.5 Å². The molecule has 3 aromatic heterocycles. The summed E-state index contributed by atoms with van der Waals surface area (Å²) in [5, 5.41) is 2.27. The summed E-state index contributed by atoms with van der Waals surface area (Å²) >= 11 is 0. The number of benzene rings is 1. The molecular weight excluding hydrogens is 570 g/mol. The Bertz CT molecular complexity index is 1770. The number of amides is 2. The summed E-state index contributed by atoms with van der Waals surface area (Å²) in [6.45, 7) is 0.997. The number of rotatable bonds is 5. The first-order valence-corrected chi connectivity index (χ1v) is 13.8. The van der Waals surface area contributed by atoms with Crippen LogP contribution < -0.4 is 11.1 Å². The number of alkyl halides is 3. The molecule has 0 bridgehead atoms. The van der Waals surface area contributed by atoms with Crippen molar-refractivity contribution in [3.8, 4) is 11.3 Å². The predicted molar refractivity (Wildman–Crippen MR) is 145 cm³/mol. The molecule has 1 saturated carbocycles. The Kier molecular flexibility index (Phi) is 6.34. The third-order valence-electron chi connectivity index (χ3n) is 8.29. The van der Waals surface area contributed by atoms with E-state index in [0.29, 0.717) is 37.0 Å². The highest BCUT2D eigenvalue weighted by Gasteiger charge is 2.51. The standard InChI is InChI=1S/C29H25F4N7O3/c30-19-9-15(27(41)37-22-11-17(5-6-35-22)29(31,32)33)3-4-18(19)23-24-25(34)36-7-8-39(24)26(38-23)20-10-16-12-43-13-21(16)40(20)28(42)14-1-2-14/h3-9,11,14,16,20-21H,1-2,10,12-13H2,(H2,34,36)(H,35,37,41)/t16-,20-,21+/m0/s1. The molecular formula is C29H25F4N7O3. The molecule has 3 N–H and O–H groups in total. The van der Waals surface area contributed by atoms with E-state index in [9.17, 15) is 22.8 Å². The van der Waals surface area contributed by atoms with Gasteiger partial charge in [-0.25, -0.2) is 19.3 Å². The van der Waals surface area contributed by atoms with E-state index in [-0.39, 0.29) is 58.3 Å². The van der Waals surface area contributed by atoms with Gasteiger partial charge in [-0.2, -0.15) is 13.2 Å². The summed E-state index contributed by atoms with van der Waals surface area (Å²) < 4.78 is 62.2. The van der Waals surface area contributed by atoms with Gasteiger partial charge >= 0.3 is 6.18 Å². The van der Waals surface area contributed by atoms with Gasteiger partial charge in [-0.1, -0.05) is 0 Å². The molecule has 43 heavy (non-hydrogen) atoms.